The third kappa shape index (κ3) is 5.69. The molecular weight excluding hydrogens is 348 g/mol. The van der Waals surface area contributed by atoms with Gasteiger partial charge in [0.1, 0.15) is 5.75 Å². The molecule has 0 heterocycles. The fourth-order valence-corrected chi connectivity index (χ4v) is 3.37. The fraction of sp³-hybridized carbons (Fsp3) is 0.280. The molecule has 1 atom stereocenters. The highest BCUT2D eigenvalue weighted by Crippen LogP contribution is 2.29. The van der Waals surface area contributed by atoms with E-state index in [1.165, 1.54) is 0 Å². The predicted molar refractivity (Wildman–Crippen MR) is 117 cm³/mol. The summed E-state index contributed by atoms with van der Waals surface area (Å²) in [7, 11) is 0. The minimum atomic E-state index is -0.681. The summed E-state index contributed by atoms with van der Waals surface area (Å²) in [4.78, 5) is 0. The molecule has 1 unspecified atom stereocenters. The van der Waals surface area contributed by atoms with Gasteiger partial charge in [-0.3, -0.25) is 0 Å². The molecule has 0 aliphatic heterocycles. The summed E-state index contributed by atoms with van der Waals surface area (Å²) in [5.74, 6) is 0.328. The molecule has 148 valence electrons. The largest absolute Gasteiger partial charge is 0.507 e. The van der Waals surface area contributed by atoms with Gasteiger partial charge in [-0.1, -0.05) is 54.6 Å². The number of aryl methyl sites for hydroxylation is 2. The van der Waals surface area contributed by atoms with Crippen LogP contribution >= 0.6 is 0 Å². The van der Waals surface area contributed by atoms with Gasteiger partial charge in [0, 0.05) is 0 Å². The molecule has 0 saturated carbocycles. The Balaban J connectivity index is 2.34. The summed E-state index contributed by atoms with van der Waals surface area (Å²) in [6.45, 7) is 9.40. The maximum Gasteiger partial charge on any atom is 0.121 e. The van der Waals surface area contributed by atoms with Gasteiger partial charge in [-0.05, 0) is 79.1 Å². The van der Waals surface area contributed by atoms with Crippen LogP contribution in [0.4, 0.5) is 0 Å². The molecule has 3 nitrogen and oxygen atoms in total. The topological polar surface area (TPSA) is 60.7 Å². The van der Waals surface area contributed by atoms with E-state index in [2.05, 4.69) is 24.8 Å². The van der Waals surface area contributed by atoms with Crippen molar-refractivity contribution in [1.82, 2.24) is 0 Å². The van der Waals surface area contributed by atoms with E-state index in [-0.39, 0.29) is 6.61 Å². The summed E-state index contributed by atoms with van der Waals surface area (Å²) in [5, 5.41) is 29.8. The predicted octanol–water partition coefficient (Wildman–Crippen LogP) is 5.19. The number of benzene rings is 2. The maximum absolute atomic E-state index is 10.6. The number of aromatic hydroxyl groups is 1. The average molecular weight is 379 g/mol. The Kier molecular flexibility index (Phi) is 7.80. The van der Waals surface area contributed by atoms with E-state index in [9.17, 15) is 15.3 Å². The second kappa shape index (κ2) is 10.1. The van der Waals surface area contributed by atoms with Crippen LogP contribution in [0.1, 0.15) is 42.0 Å². The van der Waals surface area contributed by atoms with E-state index in [4.69, 9.17) is 0 Å². The van der Waals surface area contributed by atoms with Crippen LogP contribution in [0.5, 0.6) is 5.75 Å². The zero-order chi connectivity index (χ0) is 20.7. The SMILES string of the molecule is C=C(C)/C(=C/CO)C(O)CC/C(=C/c1cc(C)c(O)c(C)c1)c1ccccc1. The van der Waals surface area contributed by atoms with Gasteiger partial charge in [-0.25, -0.2) is 0 Å². The highest BCUT2D eigenvalue weighted by molar-refractivity contribution is 5.82. The van der Waals surface area contributed by atoms with Crippen molar-refractivity contribution in [1.29, 1.82) is 0 Å². The molecule has 0 fully saturated rings. The number of phenolic OH excluding ortho intramolecular Hbond substituents is 1. The van der Waals surface area contributed by atoms with Crippen molar-refractivity contribution in [3.05, 3.63) is 88.5 Å². The molecule has 0 spiro atoms. The van der Waals surface area contributed by atoms with Crippen molar-refractivity contribution < 1.29 is 15.3 Å². The highest BCUT2D eigenvalue weighted by atomic mass is 16.3. The lowest BCUT2D eigenvalue weighted by atomic mass is 9.92. The number of aliphatic hydroxyl groups is 2. The Bertz CT molecular complexity index is 853. The van der Waals surface area contributed by atoms with Crippen molar-refractivity contribution in [3.8, 4) is 5.75 Å². The van der Waals surface area contributed by atoms with Gasteiger partial charge in [0.2, 0.25) is 0 Å². The van der Waals surface area contributed by atoms with Crippen LogP contribution in [0.25, 0.3) is 11.6 Å². The second-order valence-electron chi connectivity index (χ2n) is 7.22. The van der Waals surface area contributed by atoms with Gasteiger partial charge in [-0.15, -0.1) is 0 Å². The van der Waals surface area contributed by atoms with E-state index in [1.807, 2.05) is 51.1 Å². The van der Waals surface area contributed by atoms with Gasteiger partial charge in [0.15, 0.2) is 0 Å². The molecule has 0 amide bonds. The lowest BCUT2D eigenvalue weighted by molar-refractivity contribution is 0.203. The van der Waals surface area contributed by atoms with Gasteiger partial charge in [0.05, 0.1) is 12.7 Å². The van der Waals surface area contributed by atoms with Crippen LogP contribution in [-0.4, -0.2) is 28.0 Å². The van der Waals surface area contributed by atoms with Gasteiger partial charge >= 0.3 is 0 Å². The Morgan fingerprint density at radius 1 is 1.11 bits per heavy atom. The smallest absolute Gasteiger partial charge is 0.121 e. The molecule has 0 aliphatic carbocycles. The molecule has 2 rings (SSSR count). The molecule has 0 saturated heterocycles. The molecule has 0 radical (unpaired) electrons. The van der Waals surface area contributed by atoms with Crippen LogP contribution < -0.4 is 0 Å². The summed E-state index contributed by atoms with van der Waals surface area (Å²) < 4.78 is 0. The van der Waals surface area contributed by atoms with Crippen molar-refractivity contribution >= 4 is 11.6 Å². The molecule has 2 aromatic rings. The van der Waals surface area contributed by atoms with Crippen LogP contribution in [0, 0.1) is 13.8 Å². The molecular formula is C25H30O3. The molecule has 0 bridgehead atoms. The number of hydrogen-bond donors (Lipinski definition) is 3. The van der Waals surface area contributed by atoms with Crippen LogP contribution in [0.15, 0.2) is 66.3 Å². The summed E-state index contributed by atoms with van der Waals surface area (Å²) in [6.07, 6.45) is 4.24. The number of phenols is 1. The molecule has 0 aliphatic rings. The number of rotatable bonds is 8. The quantitative estimate of drug-likeness (QED) is 0.438. The summed E-state index contributed by atoms with van der Waals surface area (Å²) in [5.41, 5.74) is 6.36. The van der Waals surface area contributed by atoms with Crippen LogP contribution in [0.3, 0.4) is 0 Å². The van der Waals surface area contributed by atoms with E-state index in [1.54, 1.807) is 6.08 Å². The monoisotopic (exact) mass is 378 g/mol. The van der Waals surface area contributed by atoms with Gasteiger partial charge < -0.3 is 15.3 Å². The lowest BCUT2D eigenvalue weighted by Crippen LogP contribution is -2.12. The first-order chi connectivity index (χ1) is 13.3. The fourth-order valence-electron chi connectivity index (χ4n) is 3.37. The average Bonchev–Trinajstić information content (AvgIpc) is 2.67. The van der Waals surface area contributed by atoms with E-state index >= 15 is 0 Å². The lowest BCUT2D eigenvalue weighted by Gasteiger charge is -2.17. The Morgan fingerprint density at radius 3 is 2.25 bits per heavy atom. The van der Waals surface area contributed by atoms with E-state index in [0.717, 1.165) is 33.4 Å². The Labute approximate surface area is 168 Å². The minimum absolute atomic E-state index is 0.118. The molecule has 28 heavy (non-hydrogen) atoms. The highest BCUT2D eigenvalue weighted by Gasteiger charge is 2.13. The van der Waals surface area contributed by atoms with E-state index < -0.39 is 6.10 Å². The molecule has 0 aromatic heterocycles. The second-order valence-corrected chi connectivity index (χ2v) is 7.22. The van der Waals surface area contributed by atoms with Crippen molar-refractivity contribution in [2.24, 2.45) is 0 Å². The Hall–Kier alpha value is -2.62. The molecule has 3 N–H and O–H groups in total. The summed E-state index contributed by atoms with van der Waals surface area (Å²) in [6, 6.07) is 14.0. The van der Waals surface area contributed by atoms with Gasteiger partial charge in [0.25, 0.3) is 0 Å². The third-order valence-corrected chi connectivity index (χ3v) is 4.85. The maximum atomic E-state index is 10.6. The van der Waals surface area contributed by atoms with Crippen molar-refractivity contribution in [2.45, 2.75) is 39.7 Å². The zero-order valence-electron chi connectivity index (χ0n) is 16.9. The van der Waals surface area contributed by atoms with Crippen LogP contribution in [0.2, 0.25) is 0 Å². The first-order valence-corrected chi connectivity index (χ1v) is 9.54. The first-order valence-electron chi connectivity index (χ1n) is 9.54. The normalized spacial score (nSPS) is 13.5. The summed E-state index contributed by atoms with van der Waals surface area (Å²) >= 11 is 0. The van der Waals surface area contributed by atoms with Crippen LogP contribution in [-0.2, 0) is 0 Å². The number of hydrogen-bond acceptors (Lipinski definition) is 3. The molecule has 2 aromatic carbocycles. The van der Waals surface area contributed by atoms with Crippen molar-refractivity contribution in [2.75, 3.05) is 6.61 Å². The van der Waals surface area contributed by atoms with E-state index in [0.29, 0.717) is 24.2 Å². The zero-order valence-corrected chi connectivity index (χ0v) is 16.9. The van der Waals surface area contributed by atoms with Crippen molar-refractivity contribution in [3.63, 3.8) is 0 Å². The number of aliphatic hydroxyl groups excluding tert-OH is 2. The van der Waals surface area contributed by atoms with Gasteiger partial charge in [-0.2, -0.15) is 0 Å². The molecule has 3 heteroatoms. The number of allylic oxidation sites excluding steroid dienone is 1. The standard InChI is InChI=1S/C25H30O3/c1-17(2)23(12-13-26)24(27)11-10-22(21-8-6-5-7-9-21)16-20-14-18(3)25(28)19(4)15-20/h5-9,12,14-16,24,26-28H,1,10-11,13H2,2-4H3/b22-16-,23-12-. The minimum Gasteiger partial charge on any atom is -0.507 e. The Morgan fingerprint density at radius 2 is 1.71 bits per heavy atom. The first kappa shape index (κ1) is 21.7. The third-order valence-electron chi connectivity index (χ3n) is 4.85.